The van der Waals surface area contributed by atoms with Crippen LogP contribution >= 0.6 is 11.3 Å². The molecule has 0 saturated heterocycles. The summed E-state index contributed by atoms with van der Waals surface area (Å²) in [4.78, 5) is 29.5. The van der Waals surface area contributed by atoms with Gasteiger partial charge in [-0.05, 0) is 30.3 Å². The number of hydrogen-bond acceptors (Lipinski definition) is 8. The SMILES string of the molecule is O=C1COc2ccc(-c3csc(NS(=O)(=O)c4ccc5[nH]c(=O)oc5c4)n3)cc2N1. The van der Waals surface area contributed by atoms with Crippen LogP contribution in [-0.4, -0.2) is 30.9 Å². The third-order valence-electron chi connectivity index (χ3n) is 4.34. The summed E-state index contributed by atoms with van der Waals surface area (Å²) in [6.45, 7) is -0.0348. The standard InChI is InChI=1S/C18H12N4O6S2/c23-16-7-27-14-4-1-9(5-12(14)19-16)13-8-29-17(20-13)22-30(25,26)10-2-3-11-15(6-10)28-18(24)21-11/h1-6,8H,7H2,(H,19,23)(H,20,22)(H,21,24). The van der Waals surface area contributed by atoms with Gasteiger partial charge in [-0.3, -0.25) is 14.5 Å². The predicted octanol–water partition coefficient (Wildman–Crippen LogP) is 2.38. The summed E-state index contributed by atoms with van der Waals surface area (Å²) < 4.78 is 38.0. The molecule has 12 heteroatoms. The molecular formula is C18H12N4O6S2. The van der Waals surface area contributed by atoms with Crippen molar-refractivity contribution in [2.24, 2.45) is 0 Å². The zero-order valence-corrected chi connectivity index (χ0v) is 16.6. The highest BCUT2D eigenvalue weighted by molar-refractivity contribution is 7.93. The number of amides is 1. The zero-order chi connectivity index (χ0) is 20.9. The van der Waals surface area contributed by atoms with E-state index in [4.69, 9.17) is 9.15 Å². The van der Waals surface area contributed by atoms with Gasteiger partial charge < -0.3 is 14.5 Å². The summed E-state index contributed by atoms with van der Waals surface area (Å²) in [6.07, 6.45) is 0. The number of oxazole rings is 1. The van der Waals surface area contributed by atoms with Crippen molar-refractivity contribution in [3.05, 3.63) is 52.3 Å². The average Bonchev–Trinajstić information content (AvgIpc) is 3.31. The van der Waals surface area contributed by atoms with E-state index in [0.717, 1.165) is 11.3 Å². The molecule has 1 amide bonds. The minimum absolute atomic E-state index is 0.0348. The first-order valence-electron chi connectivity index (χ1n) is 8.56. The van der Waals surface area contributed by atoms with E-state index in [-0.39, 0.29) is 28.1 Å². The highest BCUT2D eigenvalue weighted by atomic mass is 32.2. The Hall–Kier alpha value is -3.64. The second kappa shape index (κ2) is 6.71. The first kappa shape index (κ1) is 18.4. The van der Waals surface area contributed by atoms with E-state index in [1.54, 1.807) is 23.6 Å². The zero-order valence-electron chi connectivity index (χ0n) is 15.0. The molecule has 0 atom stereocenters. The maximum atomic E-state index is 12.7. The van der Waals surface area contributed by atoms with E-state index in [0.29, 0.717) is 28.2 Å². The van der Waals surface area contributed by atoms with Crippen molar-refractivity contribution >= 4 is 49.2 Å². The maximum absolute atomic E-state index is 12.7. The number of thiazole rings is 1. The molecule has 5 rings (SSSR count). The quantitative estimate of drug-likeness (QED) is 0.438. The van der Waals surface area contributed by atoms with Gasteiger partial charge in [0.2, 0.25) is 0 Å². The van der Waals surface area contributed by atoms with Gasteiger partial charge in [-0.1, -0.05) is 0 Å². The van der Waals surface area contributed by atoms with Gasteiger partial charge >= 0.3 is 5.76 Å². The smallest absolute Gasteiger partial charge is 0.417 e. The summed E-state index contributed by atoms with van der Waals surface area (Å²) >= 11 is 1.11. The molecule has 0 saturated carbocycles. The molecule has 1 aliphatic rings. The van der Waals surface area contributed by atoms with Gasteiger partial charge in [0.1, 0.15) is 5.75 Å². The molecule has 1 aliphatic heterocycles. The number of ether oxygens (including phenoxy) is 1. The molecule has 3 heterocycles. The van der Waals surface area contributed by atoms with Crippen LogP contribution in [0.15, 0.2) is 55.9 Å². The van der Waals surface area contributed by atoms with E-state index in [1.807, 2.05) is 0 Å². The molecule has 30 heavy (non-hydrogen) atoms. The summed E-state index contributed by atoms with van der Waals surface area (Å²) in [5.41, 5.74) is 2.30. The highest BCUT2D eigenvalue weighted by Gasteiger charge is 2.20. The molecule has 0 aliphatic carbocycles. The van der Waals surface area contributed by atoms with Crippen LogP contribution in [0.2, 0.25) is 0 Å². The van der Waals surface area contributed by atoms with Gasteiger partial charge in [0, 0.05) is 17.0 Å². The van der Waals surface area contributed by atoms with E-state index in [2.05, 4.69) is 20.0 Å². The molecule has 4 aromatic rings. The number of rotatable bonds is 4. The summed E-state index contributed by atoms with van der Waals surface area (Å²) in [6, 6.07) is 9.26. The molecule has 2 aromatic carbocycles. The number of fused-ring (bicyclic) bond motifs is 2. The highest BCUT2D eigenvalue weighted by Crippen LogP contribution is 2.34. The Balaban J connectivity index is 1.41. The lowest BCUT2D eigenvalue weighted by Crippen LogP contribution is -2.25. The molecule has 0 spiro atoms. The first-order valence-corrected chi connectivity index (χ1v) is 10.9. The summed E-state index contributed by atoms with van der Waals surface area (Å²) in [7, 11) is -3.94. The molecule has 0 fully saturated rings. The van der Waals surface area contributed by atoms with Gasteiger partial charge in [0.05, 0.1) is 21.8 Å². The fourth-order valence-corrected chi connectivity index (χ4v) is 4.95. The third kappa shape index (κ3) is 3.31. The van der Waals surface area contributed by atoms with Gasteiger partial charge in [-0.2, -0.15) is 0 Å². The van der Waals surface area contributed by atoms with Crippen molar-refractivity contribution in [3.8, 4) is 17.0 Å². The summed E-state index contributed by atoms with van der Waals surface area (Å²) in [5.74, 6) is -0.355. The van der Waals surface area contributed by atoms with Gasteiger partial charge in [-0.25, -0.2) is 18.2 Å². The molecule has 0 unspecified atom stereocenters. The maximum Gasteiger partial charge on any atom is 0.417 e. The largest absolute Gasteiger partial charge is 0.482 e. The van der Waals surface area contributed by atoms with Crippen LogP contribution in [0.25, 0.3) is 22.4 Å². The van der Waals surface area contributed by atoms with Crippen LogP contribution in [0.3, 0.4) is 0 Å². The minimum Gasteiger partial charge on any atom is -0.482 e. The van der Waals surface area contributed by atoms with Crippen LogP contribution in [0, 0.1) is 0 Å². The van der Waals surface area contributed by atoms with Crippen LogP contribution in [0.5, 0.6) is 5.75 Å². The van der Waals surface area contributed by atoms with Crippen molar-refractivity contribution in [1.29, 1.82) is 0 Å². The van der Waals surface area contributed by atoms with Crippen molar-refractivity contribution < 1.29 is 22.4 Å². The van der Waals surface area contributed by atoms with Crippen molar-refractivity contribution in [2.45, 2.75) is 4.90 Å². The number of aromatic nitrogens is 2. The van der Waals surface area contributed by atoms with Crippen molar-refractivity contribution in [2.75, 3.05) is 16.6 Å². The normalized spacial score (nSPS) is 13.5. The fourth-order valence-electron chi connectivity index (χ4n) is 2.96. The topological polar surface area (TPSA) is 143 Å². The molecule has 2 aromatic heterocycles. The van der Waals surface area contributed by atoms with E-state index < -0.39 is 15.8 Å². The van der Waals surface area contributed by atoms with Crippen molar-refractivity contribution in [1.82, 2.24) is 9.97 Å². The van der Waals surface area contributed by atoms with Gasteiger partial charge in [0.15, 0.2) is 17.3 Å². The Morgan fingerprint density at radius 2 is 2.00 bits per heavy atom. The average molecular weight is 444 g/mol. The predicted molar refractivity (Wildman–Crippen MR) is 109 cm³/mol. The number of carbonyl (C=O) groups excluding carboxylic acids is 1. The Morgan fingerprint density at radius 1 is 1.13 bits per heavy atom. The first-order chi connectivity index (χ1) is 14.4. The number of H-pyrrole nitrogens is 1. The monoisotopic (exact) mass is 444 g/mol. The molecule has 0 bridgehead atoms. The van der Waals surface area contributed by atoms with Gasteiger partial charge in [-0.15, -0.1) is 11.3 Å². The van der Waals surface area contributed by atoms with E-state index >= 15 is 0 Å². The Bertz CT molecular complexity index is 1470. The number of benzene rings is 2. The number of nitrogens with one attached hydrogen (secondary N) is 3. The second-order valence-electron chi connectivity index (χ2n) is 6.36. The molecule has 10 nitrogen and oxygen atoms in total. The van der Waals surface area contributed by atoms with E-state index in [1.165, 1.54) is 18.2 Å². The summed E-state index contributed by atoms with van der Waals surface area (Å²) in [5, 5.41) is 4.58. The van der Waals surface area contributed by atoms with E-state index in [9.17, 15) is 18.0 Å². The van der Waals surface area contributed by atoms with Crippen molar-refractivity contribution in [3.63, 3.8) is 0 Å². The van der Waals surface area contributed by atoms with Crippen LogP contribution in [0.4, 0.5) is 10.8 Å². The molecular weight excluding hydrogens is 432 g/mol. The number of sulfonamides is 1. The Kier molecular flexibility index (Phi) is 4.11. The second-order valence-corrected chi connectivity index (χ2v) is 8.90. The van der Waals surface area contributed by atoms with Crippen LogP contribution < -0.4 is 20.5 Å². The van der Waals surface area contributed by atoms with Crippen LogP contribution in [0.1, 0.15) is 0 Å². The number of anilines is 2. The number of hydrogen-bond donors (Lipinski definition) is 3. The lowest BCUT2D eigenvalue weighted by Gasteiger charge is -2.18. The third-order valence-corrected chi connectivity index (χ3v) is 6.56. The number of aromatic amines is 1. The molecule has 3 N–H and O–H groups in total. The number of carbonyl (C=O) groups is 1. The lowest BCUT2D eigenvalue weighted by molar-refractivity contribution is -0.118. The Morgan fingerprint density at radius 3 is 2.87 bits per heavy atom. The molecule has 0 radical (unpaired) electrons. The fraction of sp³-hybridized carbons (Fsp3) is 0.0556. The number of nitrogens with zero attached hydrogens (tertiary/aromatic N) is 1. The lowest BCUT2D eigenvalue weighted by atomic mass is 10.1. The Labute approximate surface area is 172 Å². The molecule has 152 valence electrons. The van der Waals surface area contributed by atoms with Gasteiger partial charge in [0.25, 0.3) is 15.9 Å². The van der Waals surface area contributed by atoms with Crippen LogP contribution in [-0.2, 0) is 14.8 Å². The minimum atomic E-state index is -3.94.